The Morgan fingerprint density at radius 2 is 1.53 bits per heavy atom. The highest BCUT2D eigenvalue weighted by Crippen LogP contribution is 2.38. The van der Waals surface area contributed by atoms with Gasteiger partial charge in [0.25, 0.3) is 5.91 Å². The van der Waals surface area contributed by atoms with Crippen LogP contribution in [0.25, 0.3) is 11.1 Å². The monoisotopic (exact) mass is 449 g/mol. The molecule has 0 saturated heterocycles. The van der Waals surface area contributed by atoms with Gasteiger partial charge in [-0.2, -0.15) is 0 Å². The number of carbonyl (C=O) groups is 2. The number of aliphatic carboxylic acids is 1. The minimum absolute atomic E-state index is 0.00397. The Kier molecular flexibility index (Phi) is 6.61. The molecule has 1 heterocycles. The summed E-state index contributed by atoms with van der Waals surface area (Å²) in [6, 6.07) is 18.0. The smallest absolute Gasteiger partial charge is 0.306 e. The number of thiophene rings is 1. The molecule has 0 radical (unpaired) electrons. The van der Waals surface area contributed by atoms with E-state index in [1.54, 1.807) is 11.3 Å². The van der Waals surface area contributed by atoms with Crippen LogP contribution in [-0.2, 0) is 4.79 Å². The highest BCUT2D eigenvalue weighted by Gasteiger charge is 2.29. The zero-order chi connectivity index (χ0) is 22.7. The fourth-order valence-electron chi connectivity index (χ4n) is 4.25. The first-order valence-electron chi connectivity index (χ1n) is 10.9. The van der Waals surface area contributed by atoms with Crippen molar-refractivity contribution in [3.05, 3.63) is 69.9 Å². The van der Waals surface area contributed by atoms with Gasteiger partial charge >= 0.3 is 5.97 Å². The van der Waals surface area contributed by atoms with E-state index >= 15 is 0 Å². The summed E-state index contributed by atoms with van der Waals surface area (Å²) in [7, 11) is 0. The SMILES string of the molecule is Cc1sc(C)c(C(=O)NC2CCC(C(=O)O)CC2)c1Oc1ccc(-c2ccccc2)cc1. The maximum Gasteiger partial charge on any atom is 0.306 e. The van der Waals surface area contributed by atoms with Gasteiger partial charge in [-0.1, -0.05) is 42.5 Å². The van der Waals surface area contributed by atoms with E-state index in [0.717, 1.165) is 20.9 Å². The zero-order valence-electron chi connectivity index (χ0n) is 18.3. The van der Waals surface area contributed by atoms with Gasteiger partial charge < -0.3 is 15.2 Å². The summed E-state index contributed by atoms with van der Waals surface area (Å²) in [5, 5.41) is 12.3. The summed E-state index contributed by atoms with van der Waals surface area (Å²) >= 11 is 1.55. The van der Waals surface area contributed by atoms with Crippen molar-refractivity contribution in [2.75, 3.05) is 0 Å². The van der Waals surface area contributed by atoms with Crippen LogP contribution < -0.4 is 10.1 Å². The molecule has 0 unspecified atom stereocenters. The molecule has 166 valence electrons. The van der Waals surface area contributed by atoms with Gasteiger partial charge in [0.2, 0.25) is 0 Å². The number of carboxylic acid groups (broad SMARTS) is 1. The Hall–Kier alpha value is -3.12. The van der Waals surface area contributed by atoms with Crippen LogP contribution in [0.2, 0.25) is 0 Å². The molecule has 3 aromatic rings. The van der Waals surface area contributed by atoms with Gasteiger partial charge in [0, 0.05) is 15.8 Å². The van der Waals surface area contributed by atoms with Gasteiger partial charge in [0.1, 0.15) is 5.75 Å². The first kappa shape index (κ1) is 22.1. The normalized spacial score (nSPS) is 18.2. The molecule has 1 aromatic heterocycles. The molecule has 1 aliphatic rings. The maximum atomic E-state index is 13.1. The Morgan fingerprint density at radius 3 is 2.16 bits per heavy atom. The van der Waals surface area contributed by atoms with Crippen LogP contribution in [0.15, 0.2) is 54.6 Å². The molecule has 1 amide bonds. The Morgan fingerprint density at radius 1 is 0.906 bits per heavy atom. The number of carboxylic acids is 1. The predicted molar refractivity (Wildman–Crippen MR) is 127 cm³/mol. The minimum Gasteiger partial charge on any atom is -0.481 e. The zero-order valence-corrected chi connectivity index (χ0v) is 19.1. The van der Waals surface area contributed by atoms with Crippen LogP contribution in [0.3, 0.4) is 0 Å². The van der Waals surface area contributed by atoms with E-state index in [1.807, 2.05) is 56.3 Å². The van der Waals surface area contributed by atoms with Crippen LogP contribution >= 0.6 is 11.3 Å². The fraction of sp³-hybridized carbons (Fsp3) is 0.308. The van der Waals surface area contributed by atoms with Crippen LogP contribution in [-0.4, -0.2) is 23.0 Å². The lowest BCUT2D eigenvalue weighted by Crippen LogP contribution is -2.38. The predicted octanol–water partition coefficient (Wildman–Crippen LogP) is 6.20. The fourth-order valence-corrected chi connectivity index (χ4v) is 5.24. The second-order valence-electron chi connectivity index (χ2n) is 8.27. The molecule has 5 nitrogen and oxygen atoms in total. The first-order valence-corrected chi connectivity index (χ1v) is 11.7. The Bertz CT molecular complexity index is 1100. The molecule has 1 fully saturated rings. The number of ether oxygens (including phenoxy) is 1. The third kappa shape index (κ3) is 4.86. The number of rotatable bonds is 6. The third-order valence-corrected chi connectivity index (χ3v) is 7.03. The van der Waals surface area contributed by atoms with E-state index in [9.17, 15) is 14.7 Å². The van der Waals surface area contributed by atoms with Gasteiger partial charge in [0.15, 0.2) is 5.75 Å². The van der Waals surface area contributed by atoms with Gasteiger partial charge in [0.05, 0.1) is 11.5 Å². The van der Waals surface area contributed by atoms with Crippen molar-refractivity contribution in [3.8, 4) is 22.6 Å². The number of amides is 1. The molecule has 1 saturated carbocycles. The molecular formula is C26H27NO4S. The first-order chi connectivity index (χ1) is 15.4. The van der Waals surface area contributed by atoms with E-state index in [2.05, 4.69) is 17.4 Å². The summed E-state index contributed by atoms with van der Waals surface area (Å²) in [5.41, 5.74) is 2.81. The molecule has 0 spiro atoms. The lowest BCUT2D eigenvalue weighted by molar-refractivity contribution is -0.142. The number of nitrogens with one attached hydrogen (secondary N) is 1. The number of carbonyl (C=O) groups excluding carboxylic acids is 1. The van der Waals surface area contributed by atoms with Gasteiger partial charge in [-0.05, 0) is 62.8 Å². The number of aryl methyl sites for hydroxylation is 2. The Labute approximate surface area is 192 Å². The van der Waals surface area contributed by atoms with Gasteiger partial charge in [-0.3, -0.25) is 9.59 Å². The molecule has 0 atom stereocenters. The van der Waals surface area contributed by atoms with E-state index in [0.29, 0.717) is 42.7 Å². The van der Waals surface area contributed by atoms with Gasteiger partial charge in [-0.25, -0.2) is 0 Å². The molecule has 2 N–H and O–H groups in total. The number of hydrogen-bond donors (Lipinski definition) is 2. The highest BCUT2D eigenvalue weighted by atomic mass is 32.1. The highest BCUT2D eigenvalue weighted by molar-refractivity contribution is 7.12. The second-order valence-corrected chi connectivity index (χ2v) is 9.70. The second kappa shape index (κ2) is 9.57. The summed E-state index contributed by atoms with van der Waals surface area (Å²) in [6.07, 6.45) is 2.56. The van der Waals surface area contributed by atoms with Crippen molar-refractivity contribution in [2.45, 2.75) is 45.6 Å². The van der Waals surface area contributed by atoms with Crippen LogP contribution in [0.5, 0.6) is 11.5 Å². The third-order valence-electron chi connectivity index (χ3n) is 6.03. The van der Waals surface area contributed by atoms with E-state index in [4.69, 9.17) is 4.74 Å². The summed E-state index contributed by atoms with van der Waals surface area (Å²) < 4.78 is 6.18. The van der Waals surface area contributed by atoms with Crippen molar-refractivity contribution in [3.63, 3.8) is 0 Å². The number of hydrogen-bond acceptors (Lipinski definition) is 4. The van der Waals surface area contributed by atoms with Crippen molar-refractivity contribution in [1.29, 1.82) is 0 Å². The van der Waals surface area contributed by atoms with Crippen molar-refractivity contribution >= 4 is 23.2 Å². The quantitative estimate of drug-likeness (QED) is 0.470. The molecule has 2 aromatic carbocycles. The van der Waals surface area contributed by atoms with Crippen LogP contribution in [0.4, 0.5) is 0 Å². The average Bonchev–Trinajstić information content (AvgIpc) is 3.08. The largest absolute Gasteiger partial charge is 0.481 e. The molecule has 0 bridgehead atoms. The van der Waals surface area contributed by atoms with Crippen molar-refractivity contribution in [1.82, 2.24) is 5.32 Å². The van der Waals surface area contributed by atoms with Crippen molar-refractivity contribution in [2.24, 2.45) is 5.92 Å². The minimum atomic E-state index is -0.743. The van der Waals surface area contributed by atoms with E-state index < -0.39 is 5.97 Å². The van der Waals surface area contributed by atoms with Crippen LogP contribution in [0, 0.1) is 19.8 Å². The lowest BCUT2D eigenvalue weighted by Gasteiger charge is -2.27. The standard InChI is InChI=1S/C26H27NO4S/c1-16-23(25(28)27-21-12-8-20(9-13-21)26(29)30)24(17(2)32-16)31-22-14-10-19(11-15-22)18-6-4-3-5-7-18/h3-7,10-11,14-15,20-21H,8-9,12-13H2,1-2H3,(H,27,28)(H,29,30). The molecule has 4 rings (SSSR count). The molecule has 6 heteroatoms. The van der Waals surface area contributed by atoms with Gasteiger partial charge in [-0.15, -0.1) is 11.3 Å². The summed E-state index contributed by atoms with van der Waals surface area (Å²) in [6.45, 7) is 3.89. The maximum absolute atomic E-state index is 13.1. The van der Waals surface area contributed by atoms with Crippen molar-refractivity contribution < 1.29 is 19.4 Å². The molecule has 1 aliphatic carbocycles. The lowest BCUT2D eigenvalue weighted by atomic mass is 9.86. The summed E-state index contributed by atoms with van der Waals surface area (Å²) in [5.74, 6) is 0.0823. The number of benzene rings is 2. The average molecular weight is 450 g/mol. The molecular weight excluding hydrogens is 422 g/mol. The molecule has 32 heavy (non-hydrogen) atoms. The topological polar surface area (TPSA) is 75.6 Å². The molecule has 0 aliphatic heterocycles. The van der Waals surface area contributed by atoms with E-state index in [-0.39, 0.29) is 17.9 Å². The van der Waals surface area contributed by atoms with Crippen LogP contribution in [0.1, 0.15) is 45.8 Å². The van der Waals surface area contributed by atoms with E-state index in [1.165, 1.54) is 0 Å². The Balaban J connectivity index is 1.47. The summed E-state index contributed by atoms with van der Waals surface area (Å²) in [4.78, 5) is 26.1.